The molecule has 2 bridgehead atoms. The zero-order valence-corrected chi connectivity index (χ0v) is 15.7. The normalized spacial score (nSPS) is 33.0. The summed E-state index contributed by atoms with van der Waals surface area (Å²) < 4.78 is 37.9. The zero-order valence-electron chi connectivity index (χ0n) is 14.9. The zero-order chi connectivity index (χ0) is 18.5. The molecule has 0 aromatic carbocycles. The highest BCUT2D eigenvalue weighted by Crippen LogP contribution is 2.63. The second kappa shape index (κ2) is 6.07. The van der Waals surface area contributed by atoms with Crippen molar-refractivity contribution in [1.29, 1.82) is 0 Å². The van der Waals surface area contributed by atoms with Crippen LogP contribution in [0.3, 0.4) is 0 Å². The first-order chi connectivity index (χ1) is 10.8. The van der Waals surface area contributed by atoms with E-state index in [0.717, 1.165) is 0 Å². The number of ketones is 1. The summed E-state index contributed by atoms with van der Waals surface area (Å²) in [5.41, 5.74) is -1.71. The van der Waals surface area contributed by atoms with E-state index in [1.807, 2.05) is 13.8 Å². The monoisotopic (exact) mass is 362 g/mol. The summed E-state index contributed by atoms with van der Waals surface area (Å²) in [6, 6.07) is -0.908. The van der Waals surface area contributed by atoms with Crippen LogP contribution >= 0.6 is 0 Å². The molecule has 0 aromatic rings. The largest absolute Gasteiger partial charge is 0.459 e. The molecule has 0 aliphatic heterocycles. The molecular formula is C16H28NO6S+. The fraction of sp³-hybridized carbons (Fsp3) is 0.875. The Morgan fingerprint density at radius 3 is 2.42 bits per heavy atom. The summed E-state index contributed by atoms with van der Waals surface area (Å²) in [4.78, 5) is 24.8. The van der Waals surface area contributed by atoms with Crippen LogP contribution in [0.15, 0.2) is 0 Å². The van der Waals surface area contributed by atoms with Crippen molar-refractivity contribution in [3.63, 3.8) is 0 Å². The Labute approximate surface area is 143 Å². The molecule has 2 aliphatic rings. The lowest BCUT2D eigenvalue weighted by molar-refractivity contribution is -0.717. The molecule has 0 aromatic heterocycles. The lowest BCUT2D eigenvalue weighted by Crippen LogP contribution is -2.99. The Hall–Kier alpha value is -0.990. The van der Waals surface area contributed by atoms with Gasteiger partial charge in [0, 0.05) is 12.8 Å². The molecule has 2 fully saturated rings. The van der Waals surface area contributed by atoms with Gasteiger partial charge in [-0.3, -0.25) is 9.35 Å². The molecule has 2 rings (SSSR count). The number of esters is 1. The maximum Gasteiger partial charge on any atom is 0.364 e. The van der Waals surface area contributed by atoms with Crippen molar-refractivity contribution in [3.8, 4) is 0 Å². The van der Waals surface area contributed by atoms with Gasteiger partial charge in [-0.15, -0.1) is 0 Å². The molecule has 7 nitrogen and oxygen atoms in total. The highest BCUT2D eigenvalue weighted by Gasteiger charge is 2.72. The van der Waals surface area contributed by atoms with Crippen LogP contribution in [0.5, 0.6) is 0 Å². The average Bonchev–Trinajstić information content (AvgIpc) is 2.67. The smallest absolute Gasteiger partial charge is 0.364 e. The topological polar surface area (TPSA) is 114 Å². The summed E-state index contributed by atoms with van der Waals surface area (Å²) in [7, 11) is -4.32. The average molecular weight is 362 g/mol. The Morgan fingerprint density at radius 2 is 1.96 bits per heavy atom. The minimum Gasteiger partial charge on any atom is -0.459 e. The number of rotatable bonds is 6. The molecule has 0 spiro atoms. The summed E-state index contributed by atoms with van der Waals surface area (Å²) in [5.74, 6) is -1.05. The third-order valence-electron chi connectivity index (χ3n) is 5.93. The minimum absolute atomic E-state index is 0.0568. The van der Waals surface area contributed by atoms with Gasteiger partial charge in [0.15, 0.2) is 6.04 Å². The van der Waals surface area contributed by atoms with Crippen LogP contribution in [0.4, 0.5) is 0 Å². The van der Waals surface area contributed by atoms with E-state index in [0.29, 0.717) is 12.8 Å². The maximum atomic E-state index is 12.7. The van der Waals surface area contributed by atoms with E-state index in [1.165, 1.54) is 0 Å². The van der Waals surface area contributed by atoms with Crippen molar-refractivity contribution in [2.45, 2.75) is 65.6 Å². The predicted molar refractivity (Wildman–Crippen MR) is 86.8 cm³/mol. The van der Waals surface area contributed by atoms with Crippen LogP contribution in [0, 0.1) is 16.7 Å². The molecule has 0 heterocycles. The molecule has 8 heteroatoms. The van der Waals surface area contributed by atoms with Gasteiger partial charge in [0.2, 0.25) is 0 Å². The number of hydrogen-bond donors (Lipinski definition) is 2. The first-order valence-corrected chi connectivity index (χ1v) is 9.96. The SMILES string of the molecule is CC(C)OC(=O)C(C)[NH2+]C1CC2CC(=O)C1(CS(=O)(=O)O)C2(C)C. The van der Waals surface area contributed by atoms with Crippen molar-refractivity contribution in [2.75, 3.05) is 5.75 Å². The number of carbonyl (C=O) groups excluding carboxylic acids is 2. The van der Waals surface area contributed by atoms with E-state index in [2.05, 4.69) is 0 Å². The predicted octanol–water partition coefficient (Wildman–Crippen LogP) is 0.152. The minimum atomic E-state index is -4.32. The van der Waals surface area contributed by atoms with E-state index in [4.69, 9.17) is 4.74 Å². The van der Waals surface area contributed by atoms with E-state index in [9.17, 15) is 22.6 Å². The van der Waals surface area contributed by atoms with Crippen LogP contribution in [0.1, 0.15) is 47.5 Å². The fourth-order valence-electron chi connectivity index (χ4n) is 4.63. The van der Waals surface area contributed by atoms with Gasteiger partial charge in [-0.05, 0) is 32.1 Å². The molecule has 3 N–H and O–H groups in total. The van der Waals surface area contributed by atoms with Gasteiger partial charge in [-0.25, -0.2) is 4.79 Å². The number of carbonyl (C=O) groups is 2. The Morgan fingerprint density at radius 1 is 1.38 bits per heavy atom. The summed E-state index contributed by atoms with van der Waals surface area (Å²) in [6.45, 7) is 8.98. The van der Waals surface area contributed by atoms with Crippen molar-refractivity contribution in [3.05, 3.63) is 0 Å². The summed E-state index contributed by atoms with van der Waals surface area (Å²) >= 11 is 0. The van der Waals surface area contributed by atoms with Gasteiger partial charge in [-0.2, -0.15) is 8.42 Å². The van der Waals surface area contributed by atoms with Crippen molar-refractivity contribution < 1.29 is 32.6 Å². The van der Waals surface area contributed by atoms with E-state index in [-0.39, 0.29) is 29.8 Å². The quantitative estimate of drug-likeness (QED) is 0.513. The molecule has 2 saturated carbocycles. The number of hydrogen-bond acceptors (Lipinski definition) is 5. The maximum absolute atomic E-state index is 12.7. The van der Waals surface area contributed by atoms with E-state index >= 15 is 0 Å². The van der Waals surface area contributed by atoms with E-state index in [1.54, 1.807) is 26.1 Å². The molecule has 138 valence electrons. The first kappa shape index (κ1) is 19.3. The van der Waals surface area contributed by atoms with E-state index < -0.39 is 32.7 Å². The number of quaternary nitrogens is 1. The van der Waals surface area contributed by atoms with Gasteiger partial charge in [-0.1, -0.05) is 13.8 Å². The molecule has 4 atom stereocenters. The van der Waals surface area contributed by atoms with Gasteiger partial charge < -0.3 is 10.1 Å². The molecule has 24 heavy (non-hydrogen) atoms. The highest BCUT2D eigenvalue weighted by atomic mass is 32.2. The van der Waals surface area contributed by atoms with Gasteiger partial charge in [0.25, 0.3) is 10.1 Å². The molecule has 0 saturated heterocycles. The highest BCUT2D eigenvalue weighted by molar-refractivity contribution is 7.85. The summed E-state index contributed by atoms with van der Waals surface area (Å²) in [5, 5.41) is 1.74. The van der Waals surface area contributed by atoms with Crippen molar-refractivity contribution >= 4 is 21.9 Å². The lowest BCUT2D eigenvalue weighted by atomic mass is 9.68. The Kier molecular flexibility index (Phi) is 4.89. The van der Waals surface area contributed by atoms with Crippen molar-refractivity contribution in [1.82, 2.24) is 0 Å². The summed E-state index contributed by atoms with van der Waals surface area (Å²) in [6.07, 6.45) is 0.740. The van der Waals surface area contributed by atoms with Crippen LogP contribution in [0.25, 0.3) is 0 Å². The third-order valence-corrected chi connectivity index (χ3v) is 6.75. The third kappa shape index (κ3) is 3.11. The number of fused-ring (bicyclic) bond motifs is 2. The number of ether oxygens (including phenoxy) is 1. The lowest BCUT2D eigenvalue weighted by Gasteiger charge is -2.38. The van der Waals surface area contributed by atoms with Gasteiger partial charge in [0.1, 0.15) is 17.2 Å². The first-order valence-electron chi connectivity index (χ1n) is 8.35. The second-order valence-electron chi connectivity index (χ2n) is 8.05. The van der Waals surface area contributed by atoms with Crippen LogP contribution in [-0.4, -0.2) is 48.7 Å². The Balaban J connectivity index is 2.30. The van der Waals surface area contributed by atoms with Gasteiger partial charge >= 0.3 is 5.97 Å². The second-order valence-corrected chi connectivity index (χ2v) is 9.50. The van der Waals surface area contributed by atoms with Crippen LogP contribution < -0.4 is 5.32 Å². The molecule has 0 amide bonds. The fourth-order valence-corrected chi connectivity index (χ4v) is 5.95. The van der Waals surface area contributed by atoms with Crippen LogP contribution in [0.2, 0.25) is 0 Å². The van der Waals surface area contributed by atoms with Crippen LogP contribution in [-0.2, 0) is 24.4 Å². The molecule has 0 radical (unpaired) electrons. The molecule has 4 unspecified atom stereocenters. The van der Waals surface area contributed by atoms with Crippen molar-refractivity contribution in [2.24, 2.45) is 16.7 Å². The number of Topliss-reactive ketones (excluding diaryl/α,β-unsaturated/α-hetero) is 1. The Bertz CT molecular complexity index is 641. The molecular weight excluding hydrogens is 334 g/mol. The standard InChI is InChI=1S/C16H27NO6S/c1-9(2)23-14(19)10(3)17-12-6-11-7-13(18)16(12,15(11,4)5)8-24(20,21)22/h9-12,17H,6-8H2,1-5H3,(H,20,21,22)/p+1. The van der Waals surface area contributed by atoms with Gasteiger partial charge in [0.05, 0.1) is 11.9 Å². The number of nitrogens with two attached hydrogens (primary N) is 1. The molecule has 2 aliphatic carbocycles.